The summed E-state index contributed by atoms with van der Waals surface area (Å²) in [5, 5.41) is 13.5. The van der Waals surface area contributed by atoms with E-state index in [0.717, 1.165) is 5.56 Å². The molecule has 146 valence electrons. The number of hydrogen-bond acceptors (Lipinski definition) is 8. The Kier molecular flexibility index (Phi) is 5.78. The number of nitrogens with zero attached hydrogens (tertiary/aromatic N) is 4. The Labute approximate surface area is 154 Å². The van der Waals surface area contributed by atoms with Crippen molar-refractivity contribution in [3.63, 3.8) is 0 Å². The normalized spacial score (nSPS) is 32.0. The van der Waals surface area contributed by atoms with Crippen LogP contribution in [0.5, 0.6) is 0 Å². The van der Waals surface area contributed by atoms with Crippen LogP contribution in [0.25, 0.3) is 10.4 Å². The number of ether oxygens (including phenoxy) is 4. The molecule has 0 bridgehead atoms. The van der Waals surface area contributed by atoms with Crippen LogP contribution in [0.3, 0.4) is 0 Å². The zero-order valence-electron chi connectivity index (χ0n) is 14.8. The zero-order chi connectivity index (χ0) is 19.4. The molecular weight excluding hydrogens is 360 g/mol. The standard InChI is InChI=1S/C16H20N4O7/c1-16(2)24-9-11-13(26-16)14(23-8-10-6-4-3-5-7-10)12(18-19-17)15(25-11)27-20(21)22/h3-7,11-15H,8-9H2,1-2H3/t11-,12+,13-,14-,15?/m1/s1. The lowest BCUT2D eigenvalue weighted by molar-refractivity contribution is -0.784. The molecule has 11 nitrogen and oxygen atoms in total. The summed E-state index contributed by atoms with van der Waals surface area (Å²) in [6.45, 7) is 3.80. The van der Waals surface area contributed by atoms with E-state index in [1.54, 1.807) is 13.8 Å². The highest BCUT2D eigenvalue weighted by Crippen LogP contribution is 2.35. The van der Waals surface area contributed by atoms with Crippen LogP contribution >= 0.6 is 0 Å². The second-order valence-corrected chi connectivity index (χ2v) is 6.62. The summed E-state index contributed by atoms with van der Waals surface area (Å²) in [4.78, 5) is 18.2. The Hall–Kier alpha value is -2.43. The average Bonchev–Trinajstić information content (AvgIpc) is 2.62. The minimum Gasteiger partial charge on any atom is -0.370 e. The van der Waals surface area contributed by atoms with Crippen LogP contribution in [0.1, 0.15) is 19.4 Å². The summed E-state index contributed by atoms with van der Waals surface area (Å²) in [5.41, 5.74) is 9.82. The number of fused-ring (bicyclic) bond motifs is 1. The van der Waals surface area contributed by atoms with Crippen molar-refractivity contribution in [3.8, 4) is 0 Å². The number of benzene rings is 1. The van der Waals surface area contributed by atoms with Gasteiger partial charge in [0.25, 0.3) is 5.09 Å². The molecule has 27 heavy (non-hydrogen) atoms. The number of hydrogen-bond donors (Lipinski definition) is 0. The molecule has 0 amide bonds. The molecule has 3 rings (SSSR count). The number of azide groups is 1. The van der Waals surface area contributed by atoms with Gasteiger partial charge in [-0.1, -0.05) is 35.4 Å². The van der Waals surface area contributed by atoms with Gasteiger partial charge >= 0.3 is 0 Å². The van der Waals surface area contributed by atoms with Crippen molar-refractivity contribution in [2.75, 3.05) is 6.61 Å². The van der Waals surface area contributed by atoms with Gasteiger partial charge in [-0.3, -0.25) is 4.84 Å². The third kappa shape index (κ3) is 4.65. The molecule has 0 aliphatic carbocycles. The quantitative estimate of drug-likeness (QED) is 0.243. The zero-order valence-corrected chi connectivity index (χ0v) is 14.8. The van der Waals surface area contributed by atoms with Crippen molar-refractivity contribution >= 4 is 0 Å². The van der Waals surface area contributed by atoms with Crippen LogP contribution in [-0.2, 0) is 30.4 Å². The molecule has 0 N–H and O–H groups in total. The van der Waals surface area contributed by atoms with E-state index < -0.39 is 41.5 Å². The van der Waals surface area contributed by atoms with E-state index in [4.69, 9.17) is 24.5 Å². The molecule has 2 fully saturated rings. The van der Waals surface area contributed by atoms with Crippen molar-refractivity contribution in [1.29, 1.82) is 0 Å². The Morgan fingerprint density at radius 1 is 1.41 bits per heavy atom. The maximum Gasteiger partial charge on any atom is 0.297 e. The second kappa shape index (κ2) is 8.07. The van der Waals surface area contributed by atoms with Crippen molar-refractivity contribution in [2.45, 2.75) is 56.9 Å². The van der Waals surface area contributed by atoms with Gasteiger partial charge < -0.3 is 18.9 Å². The Balaban J connectivity index is 1.86. The fourth-order valence-corrected chi connectivity index (χ4v) is 3.12. The summed E-state index contributed by atoms with van der Waals surface area (Å²) in [6, 6.07) is 8.24. The molecule has 0 aromatic heterocycles. The van der Waals surface area contributed by atoms with Crippen molar-refractivity contribution < 1.29 is 28.9 Å². The highest BCUT2D eigenvalue weighted by atomic mass is 17.0. The van der Waals surface area contributed by atoms with E-state index in [-0.39, 0.29) is 13.2 Å². The monoisotopic (exact) mass is 380 g/mol. The van der Waals surface area contributed by atoms with Crippen LogP contribution in [0, 0.1) is 10.1 Å². The third-order valence-corrected chi connectivity index (χ3v) is 4.29. The van der Waals surface area contributed by atoms with Gasteiger partial charge in [-0.15, -0.1) is 10.1 Å². The first-order valence-electron chi connectivity index (χ1n) is 8.38. The van der Waals surface area contributed by atoms with Gasteiger partial charge in [0, 0.05) is 4.91 Å². The van der Waals surface area contributed by atoms with E-state index in [1.165, 1.54) is 0 Å². The molecule has 2 heterocycles. The maximum absolute atomic E-state index is 10.8. The second-order valence-electron chi connectivity index (χ2n) is 6.62. The molecule has 0 radical (unpaired) electrons. The first kappa shape index (κ1) is 19.3. The van der Waals surface area contributed by atoms with E-state index in [9.17, 15) is 10.1 Å². The van der Waals surface area contributed by atoms with Crippen LogP contribution in [0.2, 0.25) is 0 Å². The first-order chi connectivity index (χ1) is 12.9. The van der Waals surface area contributed by atoms with E-state index in [0.29, 0.717) is 0 Å². The molecule has 11 heteroatoms. The van der Waals surface area contributed by atoms with Crippen LogP contribution in [0.4, 0.5) is 0 Å². The molecule has 0 spiro atoms. The van der Waals surface area contributed by atoms with Crippen LogP contribution in [0.15, 0.2) is 35.4 Å². The van der Waals surface area contributed by atoms with Gasteiger partial charge in [-0.05, 0) is 24.9 Å². The molecule has 1 aromatic rings. The lowest BCUT2D eigenvalue weighted by Gasteiger charge is -2.49. The lowest BCUT2D eigenvalue weighted by atomic mass is 9.95. The molecule has 2 aliphatic rings. The summed E-state index contributed by atoms with van der Waals surface area (Å²) < 4.78 is 23.1. The topological polar surface area (TPSA) is 138 Å². The molecule has 0 saturated carbocycles. The third-order valence-electron chi connectivity index (χ3n) is 4.29. The summed E-state index contributed by atoms with van der Waals surface area (Å²) >= 11 is 0. The SMILES string of the molecule is CC1(C)OC[C@H]2OC(O[N+](=O)[O-])[C@@H](N=[N+]=[N-])[C@@H](OCc3ccccc3)[C@@H]2O1. The van der Waals surface area contributed by atoms with E-state index in [2.05, 4.69) is 14.9 Å². The van der Waals surface area contributed by atoms with Gasteiger partial charge in [0.05, 0.1) is 19.3 Å². The molecule has 2 aliphatic heterocycles. The molecule has 2 saturated heterocycles. The highest BCUT2D eigenvalue weighted by molar-refractivity contribution is 5.13. The molecule has 5 atom stereocenters. The summed E-state index contributed by atoms with van der Waals surface area (Å²) in [6.07, 6.45) is -3.58. The van der Waals surface area contributed by atoms with Crippen molar-refractivity contribution in [2.24, 2.45) is 5.11 Å². The fourth-order valence-electron chi connectivity index (χ4n) is 3.12. The summed E-state index contributed by atoms with van der Waals surface area (Å²) in [7, 11) is 0. The predicted octanol–water partition coefficient (Wildman–Crippen LogP) is 2.34. The van der Waals surface area contributed by atoms with Gasteiger partial charge in [0.1, 0.15) is 18.2 Å². The largest absolute Gasteiger partial charge is 0.370 e. The Morgan fingerprint density at radius 2 is 2.15 bits per heavy atom. The average molecular weight is 380 g/mol. The fraction of sp³-hybridized carbons (Fsp3) is 0.625. The smallest absolute Gasteiger partial charge is 0.297 e. The highest BCUT2D eigenvalue weighted by Gasteiger charge is 2.53. The molecule has 1 aromatic carbocycles. The lowest BCUT2D eigenvalue weighted by Crippen LogP contribution is -2.65. The van der Waals surface area contributed by atoms with Gasteiger partial charge in [0.2, 0.25) is 6.29 Å². The molecule has 1 unspecified atom stereocenters. The van der Waals surface area contributed by atoms with E-state index in [1.807, 2.05) is 30.3 Å². The van der Waals surface area contributed by atoms with Crippen LogP contribution in [-0.4, -0.2) is 48.1 Å². The first-order valence-corrected chi connectivity index (χ1v) is 8.38. The van der Waals surface area contributed by atoms with Crippen LogP contribution < -0.4 is 0 Å². The Bertz CT molecular complexity index is 710. The van der Waals surface area contributed by atoms with Crippen molar-refractivity contribution in [1.82, 2.24) is 0 Å². The minimum absolute atomic E-state index is 0.128. The number of rotatable bonds is 6. The minimum atomic E-state index is -1.42. The molecular formula is C16H20N4O7. The van der Waals surface area contributed by atoms with Gasteiger partial charge in [-0.2, -0.15) is 0 Å². The maximum atomic E-state index is 10.8. The van der Waals surface area contributed by atoms with Gasteiger partial charge in [-0.25, -0.2) is 0 Å². The van der Waals surface area contributed by atoms with Gasteiger partial charge in [0.15, 0.2) is 5.79 Å². The Morgan fingerprint density at radius 3 is 2.81 bits per heavy atom. The summed E-state index contributed by atoms with van der Waals surface area (Å²) in [5.74, 6) is -0.906. The van der Waals surface area contributed by atoms with E-state index >= 15 is 0 Å². The predicted molar refractivity (Wildman–Crippen MR) is 89.6 cm³/mol. The van der Waals surface area contributed by atoms with Crippen molar-refractivity contribution in [3.05, 3.63) is 56.5 Å².